The van der Waals surface area contributed by atoms with Gasteiger partial charge in [-0.25, -0.2) is 0 Å². The van der Waals surface area contributed by atoms with Crippen molar-refractivity contribution in [1.82, 2.24) is 25.5 Å². The molecule has 0 aliphatic carbocycles. The summed E-state index contributed by atoms with van der Waals surface area (Å²) in [6.07, 6.45) is 2.03. The molecule has 0 radical (unpaired) electrons. The molecule has 0 fully saturated rings. The van der Waals surface area contributed by atoms with Gasteiger partial charge < -0.3 is 0 Å². The van der Waals surface area contributed by atoms with E-state index in [2.05, 4.69) is 33.0 Å². The largest absolute Gasteiger partial charge is 0.299 e. The summed E-state index contributed by atoms with van der Waals surface area (Å²) in [5, 5.41) is 17.4. The highest BCUT2D eigenvalue weighted by molar-refractivity contribution is 7.80. The van der Waals surface area contributed by atoms with Gasteiger partial charge in [-0.05, 0) is 42.4 Å². The summed E-state index contributed by atoms with van der Waals surface area (Å²) >= 11 is 5.09. The highest BCUT2D eigenvalue weighted by Crippen LogP contribution is 2.06. The monoisotopic (exact) mass is 318 g/mol. The lowest BCUT2D eigenvalue weighted by molar-refractivity contribution is 0.0977. The van der Waals surface area contributed by atoms with Crippen molar-refractivity contribution in [3.8, 4) is 0 Å². The molecule has 0 bridgehead atoms. The molecular weight excluding hydrogens is 300 g/mol. The standard InChI is InChI=1S/C14H18N6OS/c1-3-4-9-20-18-13(17-19-20)16-14(22)15-12(21)11-8-6-5-7-10(11)2/h5-8H,3-4,9H2,1-2H3,(H2,15,16,18,21,22). The van der Waals surface area contributed by atoms with Crippen molar-refractivity contribution in [2.24, 2.45) is 0 Å². The van der Waals surface area contributed by atoms with E-state index in [1.54, 1.807) is 12.1 Å². The zero-order valence-corrected chi connectivity index (χ0v) is 13.4. The van der Waals surface area contributed by atoms with Crippen molar-refractivity contribution < 1.29 is 4.79 Å². The highest BCUT2D eigenvalue weighted by atomic mass is 32.1. The van der Waals surface area contributed by atoms with E-state index in [0.717, 1.165) is 18.4 Å². The summed E-state index contributed by atoms with van der Waals surface area (Å²) in [6, 6.07) is 7.29. The van der Waals surface area contributed by atoms with Crippen LogP contribution in [0.5, 0.6) is 0 Å². The van der Waals surface area contributed by atoms with E-state index in [-0.39, 0.29) is 17.0 Å². The van der Waals surface area contributed by atoms with Gasteiger partial charge in [0.15, 0.2) is 5.11 Å². The van der Waals surface area contributed by atoms with E-state index >= 15 is 0 Å². The SMILES string of the molecule is CCCCn1nnc(NC(=S)NC(=O)c2ccccc2C)n1. The molecule has 0 atom stereocenters. The molecule has 0 aliphatic rings. The number of aryl methyl sites for hydroxylation is 2. The van der Waals surface area contributed by atoms with Crippen molar-refractivity contribution in [3.05, 3.63) is 35.4 Å². The number of hydrogen-bond donors (Lipinski definition) is 2. The van der Waals surface area contributed by atoms with Crippen LogP contribution in [0.1, 0.15) is 35.7 Å². The fourth-order valence-electron chi connectivity index (χ4n) is 1.82. The van der Waals surface area contributed by atoms with Crippen LogP contribution in [0.2, 0.25) is 0 Å². The Morgan fingerprint density at radius 3 is 2.86 bits per heavy atom. The quantitative estimate of drug-likeness (QED) is 0.819. The molecule has 0 saturated heterocycles. The normalized spacial score (nSPS) is 10.3. The van der Waals surface area contributed by atoms with Crippen molar-refractivity contribution in [1.29, 1.82) is 0 Å². The third-order valence-electron chi connectivity index (χ3n) is 3.01. The molecule has 0 saturated carbocycles. The van der Waals surface area contributed by atoms with E-state index in [1.807, 2.05) is 19.1 Å². The Hall–Kier alpha value is -2.35. The smallest absolute Gasteiger partial charge is 0.269 e. The zero-order valence-electron chi connectivity index (χ0n) is 12.5. The Morgan fingerprint density at radius 2 is 2.14 bits per heavy atom. The number of amides is 1. The van der Waals surface area contributed by atoms with Crippen LogP contribution in [0.25, 0.3) is 0 Å². The Bertz CT molecular complexity index is 669. The Labute approximate surface area is 134 Å². The van der Waals surface area contributed by atoms with Gasteiger partial charge in [-0.3, -0.25) is 15.4 Å². The molecule has 22 heavy (non-hydrogen) atoms. The van der Waals surface area contributed by atoms with Gasteiger partial charge in [0, 0.05) is 5.56 Å². The second-order valence-electron chi connectivity index (χ2n) is 4.79. The van der Waals surface area contributed by atoms with Crippen molar-refractivity contribution in [2.45, 2.75) is 33.2 Å². The molecule has 2 rings (SSSR count). The van der Waals surface area contributed by atoms with Gasteiger partial charge in [0.25, 0.3) is 11.9 Å². The number of unbranched alkanes of at least 4 members (excludes halogenated alkanes) is 1. The third-order valence-corrected chi connectivity index (χ3v) is 3.21. The molecule has 0 spiro atoms. The number of carbonyl (C=O) groups excluding carboxylic acids is 1. The van der Waals surface area contributed by atoms with Crippen LogP contribution in [-0.4, -0.2) is 31.2 Å². The lowest BCUT2D eigenvalue weighted by atomic mass is 10.1. The van der Waals surface area contributed by atoms with Crippen LogP contribution < -0.4 is 10.6 Å². The fourth-order valence-corrected chi connectivity index (χ4v) is 2.00. The summed E-state index contributed by atoms with van der Waals surface area (Å²) in [4.78, 5) is 13.6. The summed E-state index contributed by atoms with van der Waals surface area (Å²) in [7, 11) is 0. The first-order valence-corrected chi connectivity index (χ1v) is 7.46. The van der Waals surface area contributed by atoms with Gasteiger partial charge in [0.2, 0.25) is 0 Å². The molecule has 2 aromatic rings. The van der Waals surface area contributed by atoms with Crippen LogP contribution >= 0.6 is 12.2 Å². The maximum atomic E-state index is 12.1. The molecule has 1 heterocycles. The Morgan fingerprint density at radius 1 is 1.36 bits per heavy atom. The molecule has 116 valence electrons. The van der Waals surface area contributed by atoms with E-state index in [9.17, 15) is 4.79 Å². The van der Waals surface area contributed by atoms with Gasteiger partial charge in [-0.1, -0.05) is 36.6 Å². The first-order valence-electron chi connectivity index (χ1n) is 7.06. The van der Waals surface area contributed by atoms with E-state index in [1.165, 1.54) is 4.80 Å². The molecule has 8 heteroatoms. The minimum absolute atomic E-state index is 0.142. The number of nitrogens with zero attached hydrogens (tertiary/aromatic N) is 4. The molecule has 0 unspecified atom stereocenters. The van der Waals surface area contributed by atoms with Gasteiger partial charge >= 0.3 is 0 Å². The van der Waals surface area contributed by atoms with Gasteiger partial charge in [0.1, 0.15) is 0 Å². The average Bonchev–Trinajstić information content (AvgIpc) is 2.92. The number of hydrogen-bond acceptors (Lipinski definition) is 5. The molecule has 0 aliphatic heterocycles. The lowest BCUT2D eigenvalue weighted by Gasteiger charge is -2.08. The van der Waals surface area contributed by atoms with Gasteiger partial charge in [-0.15, -0.1) is 5.10 Å². The fraction of sp³-hybridized carbons (Fsp3) is 0.357. The number of nitrogens with one attached hydrogen (secondary N) is 2. The predicted molar refractivity (Wildman–Crippen MR) is 87.6 cm³/mol. The maximum absolute atomic E-state index is 12.1. The molecule has 1 amide bonds. The summed E-state index contributed by atoms with van der Waals surface area (Å²) in [6.45, 7) is 4.66. The molecule has 7 nitrogen and oxygen atoms in total. The second-order valence-corrected chi connectivity index (χ2v) is 5.19. The summed E-state index contributed by atoms with van der Waals surface area (Å²) in [5.41, 5.74) is 1.46. The van der Waals surface area contributed by atoms with Crippen molar-refractivity contribution in [3.63, 3.8) is 0 Å². The first kappa shape index (κ1) is 16.0. The minimum Gasteiger partial charge on any atom is -0.299 e. The zero-order chi connectivity index (χ0) is 15.9. The maximum Gasteiger partial charge on any atom is 0.269 e. The molecule has 2 N–H and O–H groups in total. The van der Waals surface area contributed by atoms with Crippen LogP contribution in [-0.2, 0) is 6.54 Å². The number of thiocarbonyl (C=S) groups is 1. The van der Waals surface area contributed by atoms with E-state index < -0.39 is 0 Å². The molecule has 1 aromatic carbocycles. The van der Waals surface area contributed by atoms with Crippen molar-refractivity contribution >= 4 is 29.2 Å². The minimum atomic E-state index is -0.269. The number of rotatable bonds is 5. The van der Waals surface area contributed by atoms with E-state index in [0.29, 0.717) is 12.1 Å². The Balaban J connectivity index is 1.91. The van der Waals surface area contributed by atoms with Gasteiger partial charge in [0.05, 0.1) is 6.54 Å². The van der Waals surface area contributed by atoms with Gasteiger partial charge in [-0.2, -0.15) is 4.80 Å². The topological polar surface area (TPSA) is 84.7 Å². The number of tetrazole rings is 1. The second kappa shape index (κ2) is 7.60. The number of benzene rings is 1. The van der Waals surface area contributed by atoms with E-state index in [4.69, 9.17) is 12.2 Å². The third kappa shape index (κ3) is 4.32. The van der Waals surface area contributed by atoms with Crippen LogP contribution in [0.4, 0.5) is 5.95 Å². The molecular formula is C14H18N6OS. The average molecular weight is 318 g/mol. The number of carbonyl (C=O) groups is 1. The lowest BCUT2D eigenvalue weighted by Crippen LogP contribution is -2.34. The summed E-state index contributed by atoms with van der Waals surface area (Å²) in [5.74, 6) is 0.000150. The summed E-state index contributed by atoms with van der Waals surface area (Å²) < 4.78 is 0. The predicted octanol–water partition coefficient (Wildman–Crippen LogP) is 1.91. The number of anilines is 1. The first-order chi connectivity index (χ1) is 10.6. The molecule has 1 aromatic heterocycles. The van der Waals surface area contributed by atoms with Crippen molar-refractivity contribution in [2.75, 3.05) is 5.32 Å². The number of aromatic nitrogens is 4. The van der Waals surface area contributed by atoms with Crippen LogP contribution in [0, 0.1) is 6.92 Å². The van der Waals surface area contributed by atoms with Crippen LogP contribution in [0.3, 0.4) is 0 Å². The van der Waals surface area contributed by atoms with Crippen LogP contribution in [0.15, 0.2) is 24.3 Å². The highest BCUT2D eigenvalue weighted by Gasteiger charge is 2.11. The Kier molecular flexibility index (Phi) is 5.54.